The molecular weight excluding hydrogens is 416 g/mol. The minimum atomic E-state index is -2.57. The molecule has 1 N–H and O–H groups in total. The van der Waals surface area contributed by atoms with Gasteiger partial charge in [0.05, 0.1) is 18.8 Å². The van der Waals surface area contributed by atoms with E-state index in [2.05, 4.69) is 69.3 Å². The highest BCUT2D eigenvalue weighted by molar-refractivity contribution is 6.99. The van der Waals surface area contributed by atoms with Gasteiger partial charge in [0.15, 0.2) is 0 Å². The molecule has 2 aromatic rings. The third-order valence-electron chi connectivity index (χ3n) is 5.36. The van der Waals surface area contributed by atoms with Crippen molar-refractivity contribution in [3.05, 3.63) is 108 Å². The molecule has 0 aliphatic carbocycles. The number of ether oxygens (including phenoxy) is 1. The van der Waals surface area contributed by atoms with Crippen molar-refractivity contribution in [1.29, 1.82) is 0 Å². The summed E-state index contributed by atoms with van der Waals surface area (Å²) in [7, 11) is -2.57. The number of cyclic esters (lactones) is 1. The number of aliphatic hydroxyl groups excluding tert-OH is 1. The molecule has 1 heterocycles. The van der Waals surface area contributed by atoms with Gasteiger partial charge in [-0.3, -0.25) is 0 Å². The molecule has 0 bridgehead atoms. The van der Waals surface area contributed by atoms with Gasteiger partial charge in [0.25, 0.3) is 8.32 Å². The first-order valence-corrected chi connectivity index (χ1v) is 12.6. The van der Waals surface area contributed by atoms with Gasteiger partial charge in [-0.25, -0.2) is 4.79 Å². The van der Waals surface area contributed by atoms with Crippen LogP contribution in [0.4, 0.5) is 0 Å². The molecule has 0 amide bonds. The number of hydrogen-bond acceptors (Lipinski definition) is 4. The van der Waals surface area contributed by atoms with Gasteiger partial charge >= 0.3 is 5.97 Å². The van der Waals surface area contributed by atoms with E-state index in [-0.39, 0.29) is 11.6 Å². The lowest BCUT2D eigenvalue weighted by atomic mass is 10.2. The third-order valence-corrected chi connectivity index (χ3v) is 10.4. The normalized spacial score (nSPS) is 16.2. The van der Waals surface area contributed by atoms with E-state index >= 15 is 0 Å². The fourth-order valence-electron chi connectivity index (χ4n) is 3.94. The van der Waals surface area contributed by atoms with Gasteiger partial charge in [0, 0.05) is 0 Å². The van der Waals surface area contributed by atoms with E-state index < -0.39 is 14.3 Å². The smallest absolute Gasteiger partial charge is 0.343 e. The second-order valence-electron chi connectivity index (χ2n) is 8.55. The molecule has 0 unspecified atom stereocenters. The van der Waals surface area contributed by atoms with Crippen molar-refractivity contribution >= 4 is 24.7 Å². The lowest BCUT2D eigenvalue weighted by Crippen LogP contribution is -2.66. The summed E-state index contributed by atoms with van der Waals surface area (Å²) in [5.74, 6) is 0.0483. The van der Waals surface area contributed by atoms with Gasteiger partial charge in [-0.2, -0.15) is 0 Å². The van der Waals surface area contributed by atoms with Crippen molar-refractivity contribution in [2.24, 2.45) is 0 Å². The zero-order valence-corrected chi connectivity index (χ0v) is 19.8. The van der Waals surface area contributed by atoms with Crippen molar-refractivity contribution in [2.45, 2.75) is 25.8 Å². The molecule has 1 aliphatic rings. The summed E-state index contributed by atoms with van der Waals surface area (Å²) in [6, 6.07) is 21.0. The van der Waals surface area contributed by atoms with Crippen LogP contribution in [0.2, 0.25) is 5.04 Å². The molecule has 0 spiro atoms. The predicted molar refractivity (Wildman–Crippen MR) is 131 cm³/mol. The average Bonchev–Trinajstić information content (AvgIpc) is 3.14. The number of allylic oxidation sites excluding steroid dienone is 3. The molecule has 3 rings (SSSR count). The fraction of sp³-hybridized carbons (Fsp3) is 0.222. The van der Waals surface area contributed by atoms with Crippen LogP contribution >= 0.6 is 0 Å². The summed E-state index contributed by atoms with van der Waals surface area (Å²) in [6.45, 7) is 7.05. The van der Waals surface area contributed by atoms with Crippen LogP contribution in [0.1, 0.15) is 20.8 Å². The van der Waals surface area contributed by atoms with Crippen LogP contribution in [0.15, 0.2) is 108 Å². The first-order valence-electron chi connectivity index (χ1n) is 10.7. The number of esters is 1. The van der Waals surface area contributed by atoms with E-state index in [0.717, 1.165) is 0 Å². The summed E-state index contributed by atoms with van der Waals surface area (Å²) in [5.41, 5.74) is 0.419. The van der Waals surface area contributed by atoms with Gasteiger partial charge in [-0.1, -0.05) is 99.7 Å². The molecule has 0 saturated carbocycles. The van der Waals surface area contributed by atoms with E-state index in [1.807, 2.05) is 24.3 Å². The van der Waals surface area contributed by atoms with E-state index in [1.54, 1.807) is 18.2 Å². The monoisotopic (exact) mass is 446 g/mol. The minimum absolute atomic E-state index is 0.0837. The molecule has 1 aliphatic heterocycles. The Morgan fingerprint density at radius 3 is 2.09 bits per heavy atom. The number of hydrogen-bond donors (Lipinski definition) is 1. The second-order valence-corrected chi connectivity index (χ2v) is 12.9. The van der Waals surface area contributed by atoms with E-state index in [1.165, 1.54) is 16.4 Å². The van der Waals surface area contributed by atoms with E-state index in [9.17, 15) is 4.79 Å². The quantitative estimate of drug-likeness (QED) is 0.491. The highest BCUT2D eigenvalue weighted by atomic mass is 28.4. The van der Waals surface area contributed by atoms with Crippen LogP contribution in [0.3, 0.4) is 0 Å². The maximum absolute atomic E-state index is 11.8. The van der Waals surface area contributed by atoms with Crippen LogP contribution in [0.25, 0.3) is 0 Å². The van der Waals surface area contributed by atoms with Gasteiger partial charge in [-0.05, 0) is 33.6 Å². The van der Waals surface area contributed by atoms with Crippen LogP contribution < -0.4 is 10.4 Å². The average molecular weight is 447 g/mol. The second kappa shape index (κ2) is 10.5. The topological polar surface area (TPSA) is 55.8 Å². The number of carbonyl (C=O) groups excluding carboxylic acids is 1. The Kier molecular flexibility index (Phi) is 7.80. The number of carbonyl (C=O) groups is 1. The molecule has 5 heteroatoms. The Labute approximate surface area is 191 Å². The summed E-state index contributed by atoms with van der Waals surface area (Å²) >= 11 is 0. The van der Waals surface area contributed by atoms with Crippen molar-refractivity contribution in [1.82, 2.24) is 0 Å². The summed E-state index contributed by atoms with van der Waals surface area (Å²) in [5, 5.41) is 11.2. The molecule has 0 atom stereocenters. The third kappa shape index (κ3) is 5.25. The SMILES string of the molecule is CC(C)(C)[Si](OC/C=C\C=C1C=C(/C=C/CO)C(=O)O\1)(c1ccccc1)c1ccccc1. The van der Waals surface area contributed by atoms with E-state index in [4.69, 9.17) is 14.3 Å². The summed E-state index contributed by atoms with van der Waals surface area (Å²) in [6.07, 6.45) is 10.2. The van der Waals surface area contributed by atoms with Gasteiger partial charge in [0.1, 0.15) is 5.76 Å². The Morgan fingerprint density at radius 2 is 1.56 bits per heavy atom. The number of rotatable bonds is 8. The zero-order valence-electron chi connectivity index (χ0n) is 18.8. The van der Waals surface area contributed by atoms with Gasteiger partial charge in [0.2, 0.25) is 0 Å². The van der Waals surface area contributed by atoms with Crippen LogP contribution in [-0.2, 0) is 14.0 Å². The Balaban J connectivity index is 1.84. The maximum Gasteiger partial charge on any atom is 0.343 e. The highest BCUT2D eigenvalue weighted by Gasteiger charge is 2.49. The number of benzene rings is 2. The maximum atomic E-state index is 11.8. The molecule has 166 valence electrons. The fourth-order valence-corrected chi connectivity index (χ4v) is 8.44. The lowest BCUT2D eigenvalue weighted by Gasteiger charge is -2.42. The Bertz CT molecular complexity index is 989. The molecule has 32 heavy (non-hydrogen) atoms. The molecule has 0 saturated heterocycles. The van der Waals surface area contributed by atoms with Gasteiger partial charge < -0.3 is 14.3 Å². The zero-order chi connectivity index (χ0) is 23.0. The molecular formula is C27H30O4Si. The highest BCUT2D eigenvalue weighted by Crippen LogP contribution is 2.36. The largest absolute Gasteiger partial charge is 0.423 e. The molecule has 2 aromatic carbocycles. The molecule has 0 radical (unpaired) electrons. The lowest BCUT2D eigenvalue weighted by molar-refractivity contribution is -0.132. The molecule has 0 aromatic heterocycles. The number of aliphatic hydroxyl groups is 1. The van der Waals surface area contributed by atoms with Crippen molar-refractivity contribution in [3.8, 4) is 0 Å². The first-order chi connectivity index (χ1) is 15.4. The molecule has 0 fully saturated rings. The van der Waals surface area contributed by atoms with Crippen LogP contribution in [0.5, 0.6) is 0 Å². The van der Waals surface area contributed by atoms with E-state index in [0.29, 0.717) is 17.9 Å². The summed E-state index contributed by atoms with van der Waals surface area (Å²) < 4.78 is 12.0. The Hall–Kier alpha value is -2.99. The summed E-state index contributed by atoms with van der Waals surface area (Å²) in [4.78, 5) is 11.8. The standard InChI is InChI=1S/C27H30O4Si/c1-27(2,3)32(24-15-6-4-7-16-24,25-17-8-5-9-18-25)30-20-11-10-14-23-21-22(13-12-19-28)26(29)31-23/h4-18,21,28H,19-20H2,1-3H3/b11-10-,13-12+,23-14-. The van der Waals surface area contributed by atoms with Crippen molar-refractivity contribution in [2.75, 3.05) is 13.2 Å². The van der Waals surface area contributed by atoms with Crippen LogP contribution in [0, 0.1) is 0 Å². The Morgan fingerprint density at radius 1 is 0.969 bits per heavy atom. The van der Waals surface area contributed by atoms with Crippen molar-refractivity contribution in [3.63, 3.8) is 0 Å². The van der Waals surface area contributed by atoms with Crippen molar-refractivity contribution < 1.29 is 19.1 Å². The predicted octanol–water partition coefficient (Wildman–Crippen LogP) is 4.03. The van der Waals surface area contributed by atoms with Gasteiger partial charge in [-0.15, -0.1) is 0 Å². The van der Waals surface area contributed by atoms with Crippen LogP contribution in [-0.4, -0.2) is 32.6 Å². The molecule has 4 nitrogen and oxygen atoms in total. The minimum Gasteiger partial charge on any atom is -0.423 e. The first kappa shape index (κ1) is 23.7.